The van der Waals surface area contributed by atoms with Crippen LogP contribution in [0.4, 0.5) is 5.69 Å². The first kappa shape index (κ1) is 14.5. The number of rotatable bonds is 6. The van der Waals surface area contributed by atoms with E-state index in [-0.39, 0.29) is 10.9 Å². The van der Waals surface area contributed by atoms with Crippen LogP contribution < -0.4 is 10.0 Å². The fourth-order valence-corrected chi connectivity index (χ4v) is 3.23. The normalized spacial score (nSPS) is 11.8. The standard InChI is InChI=1S/C13H18N4O2S/c1-10(2)17-20(18,19)13-6-4-3-5-12(13)14-7-11-8-15-16-9-11/h3-6,8-10,14,17H,7H2,1-2H3,(H,15,16). The highest BCUT2D eigenvalue weighted by Crippen LogP contribution is 2.21. The first-order valence-corrected chi connectivity index (χ1v) is 7.80. The number of nitrogens with zero attached hydrogens (tertiary/aromatic N) is 1. The monoisotopic (exact) mass is 294 g/mol. The van der Waals surface area contributed by atoms with Crippen LogP contribution in [0, 0.1) is 0 Å². The van der Waals surface area contributed by atoms with Crippen LogP contribution in [0.3, 0.4) is 0 Å². The molecule has 20 heavy (non-hydrogen) atoms. The molecule has 0 saturated carbocycles. The molecule has 0 bridgehead atoms. The van der Waals surface area contributed by atoms with Gasteiger partial charge in [0.25, 0.3) is 0 Å². The Morgan fingerprint density at radius 2 is 2.05 bits per heavy atom. The summed E-state index contributed by atoms with van der Waals surface area (Å²) >= 11 is 0. The van der Waals surface area contributed by atoms with Crippen molar-refractivity contribution >= 4 is 15.7 Å². The third-order valence-corrected chi connectivity index (χ3v) is 4.32. The first-order valence-electron chi connectivity index (χ1n) is 6.32. The lowest BCUT2D eigenvalue weighted by Gasteiger charge is -2.14. The van der Waals surface area contributed by atoms with Gasteiger partial charge in [-0.3, -0.25) is 5.10 Å². The van der Waals surface area contributed by atoms with Crippen molar-refractivity contribution in [1.82, 2.24) is 14.9 Å². The third kappa shape index (κ3) is 3.58. The number of benzene rings is 1. The summed E-state index contributed by atoms with van der Waals surface area (Å²) in [5, 5.41) is 9.68. The quantitative estimate of drug-likeness (QED) is 0.757. The maximum atomic E-state index is 12.3. The zero-order chi connectivity index (χ0) is 14.6. The molecule has 3 N–H and O–H groups in total. The van der Waals surface area contributed by atoms with Crippen molar-refractivity contribution in [1.29, 1.82) is 0 Å². The second kappa shape index (κ2) is 6.06. The number of sulfonamides is 1. The number of anilines is 1. The van der Waals surface area contributed by atoms with Crippen LogP contribution in [0.25, 0.3) is 0 Å². The van der Waals surface area contributed by atoms with Crippen LogP contribution in [0.15, 0.2) is 41.6 Å². The van der Waals surface area contributed by atoms with Crippen molar-refractivity contribution < 1.29 is 8.42 Å². The number of nitrogens with one attached hydrogen (secondary N) is 3. The molecule has 0 atom stereocenters. The summed E-state index contributed by atoms with van der Waals surface area (Å²) in [6.07, 6.45) is 3.45. The van der Waals surface area contributed by atoms with Crippen molar-refractivity contribution in [3.8, 4) is 0 Å². The molecule has 2 aromatic rings. The average molecular weight is 294 g/mol. The van der Waals surface area contributed by atoms with Crippen molar-refractivity contribution in [3.63, 3.8) is 0 Å². The Balaban J connectivity index is 2.22. The minimum atomic E-state index is -3.52. The van der Waals surface area contributed by atoms with E-state index in [4.69, 9.17) is 0 Å². The molecule has 0 aliphatic carbocycles. The van der Waals surface area contributed by atoms with E-state index in [0.717, 1.165) is 5.56 Å². The molecule has 0 aliphatic heterocycles. The lowest BCUT2D eigenvalue weighted by Crippen LogP contribution is -2.30. The van der Waals surface area contributed by atoms with Gasteiger partial charge in [0.05, 0.1) is 11.9 Å². The Morgan fingerprint density at radius 1 is 1.30 bits per heavy atom. The molecule has 0 aliphatic rings. The molecular weight excluding hydrogens is 276 g/mol. The van der Waals surface area contributed by atoms with Crippen molar-refractivity contribution in [2.24, 2.45) is 0 Å². The lowest BCUT2D eigenvalue weighted by molar-refractivity contribution is 0.570. The number of para-hydroxylation sites is 1. The summed E-state index contributed by atoms with van der Waals surface area (Å²) in [7, 11) is -3.52. The van der Waals surface area contributed by atoms with Gasteiger partial charge in [-0.25, -0.2) is 13.1 Å². The Bertz CT molecular complexity index is 651. The Morgan fingerprint density at radius 3 is 2.70 bits per heavy atom. The number of aromatic nitrogens is 2. The molecule has 108 valence electrons. The van der Waals surface area contributed by atoms with Crippen LogP contribution >= 0.6 is 0 Å². The Hall–Kier alpha value is -1.86. The number of aromatic amines is 1. The smallest absolute Gasteiger partial charge is 0.242 e. The topological polar surface area (TPSA) is 86.9 Å². The summed E-state index contributed by atoms with van der Waals surface area (Å²) in [4.78, 5) is 0.247. The van der Waals surface area contributed by atoms with E-state index in [1.165, 1.54) is 0 Å². The van der Waals surface area contributed by atoms with E-state index in [1.807, 2.05) is 0 Å². The number of hydrogen-bond acceptors (Lipinski definition) is 4. The van der Waals surface area contributed by atoms with Gasteiger partial charge in [-0.2, -0.15) is 5.10 Å². The predicted octanol–water partition coefficient (Wildman–Crippen LogP) is 1.71. The van der Waals surface area contributed by atoms with E-state index in [2.05, 4.69) is 20.2 Å². The molecule has 0 unspecified atom stereocenters. The van der Waals surface area contributed by atoms with Crippen molar-refractivity contribution in [2.45, 2.75) is 31.3 Å². The third-order valence-electron chi connectivity index (χ3n) is 2.61. The van der Waals surface area contributed by atoms with Gasteiger partial charge in [0.2, 0.25) is 10.0 Å². The van der Waals surface area contributed by atoms with E-state index in [0.29, 0.717) is 12.2 Å². The van der Waals surface area contributed by atoms with Gasteiger partial charge in [0.1, 0.15) is 4.90 Å². The van der Waals surface area contributed by atoms with E-state index in [9.17, 15) is 8.42 Å². The fourth-order valence-electron chi connectivity index (χ4n) is 1.79. The van der Waals surface area contributed by atoms with Crippen LogP contribution in [0.5, 0.6) is 0 Å². The van der Waals surface area contributed by atoms with Gasteiger partial charge in [0, 0.05) is 24.3 Å². The second-order valence-corrected chi connectivity index (χ2v) is 6.41. The second-order valence-electron chi connectivity index (χ2n) is 4.73. The first-order chi connectivity index (χ1) is 9.49. The van der Waals surface area contributed by atoms with Gasteiger partial charge >= 0.3 is 0 Å². The Kier molecular flexibility index (Phi) is 4.41. The molecule has 0 amide bonds. The maximum Gasteiger partial charge on any atom is 0.242 e. The van der Waals surface area contributed by atoms with Gasteiger partial charge in [-0.1, -0.05) is 12.1 Å². The predicted molar refractivity (Wildman–Crippen MR) is 77.8 cm³/mol. The summed E-state index contributed by atoms with van der Waals surface area (Å²) in [5.41, 5.74) is 1.52. The maximum absolute atomic E-state index is 12.3. The number of hydrogen-bond donors (Lipinski definition) is 3. The van der Waals surface area contributed by atoms with Crippen LogP contribution in [0.2, 0.25) is 0 Å². The lowest BCUT2D eigenvalue weighted by atomic mass is 10.3. The SMILES string of the molecule is CC(C)NS(=O)(=O)c1ccccc1NCc1cn[nH]c1. The van der Waals surface area contributed by atoms with Gasteiger partial charge in [-0.15, -0.1) is 0 Å². The molecule has 1 aromatic heterocycles. The van der Waals surface area contributed by atoms with Gasteiger partial charge in [0.15, 0.2) is 0 Å². The highest BCUT2D eigenvalue weighted by atomic mass is 32.2. The molecule has 0 fully saturated rings. The molecule has 0 radical (unpaired) electrons. The average Bonchev–Trinajstić information content (AvgIpc) is 2.88. The summed E-state index contributed by atoms with van der Waals surface area (Å²) in [6.45, 7) is 4.09. The highest BCUT2D eigenvalue weighted by Gasteiger charge is 2.18. The molecule has 0 saturated heterocycles. The highest BCUT2D eigenvalue weighted by molar-refractivity contribution is 7.89. The molecule has 1 heterocycles. The fraction of sp³-hybridized carbons (Fsp3) is 0.308. The summed E-state index contributed by atoms with van der Waals surface area (Å²) in [5.74, 6) is 0. The zero-order valence-electron chi connectivity index (χ0n) is 11.4. The van der Waals surface area contributed by atoms with Gasteiger partial charge in [-0.05, 0) is 26.0 Å². The molecule has 0 spiro atoms. The summed E-state index contributed by atoms with van der Waals surface area (Å²) in [6, 6.07) is 6.68. The minimum absolute atomic E-state index is 0.151. The van der Waals surface area contributed by atoms with Crippen LogP contribution in [0.1, 0.15) is 19.4 Å². The zero-order valence-corrected chi connectivity index (χ0v) is 12.2. The largest absolute Gasteiger partial charge is 0.380 e. The molecule has 2 rings (SSSR count). The molecule has 1 aromatic carbocycles. The van der Waals surface area contributed by atoms with Crippen molar-refractivity contribution in [2.75, 3.05) is 5.32 Å². The van der Waals surface area contributed by atoms with Crippen molar-refractivity contribution in [3.05, 3.63) is 42.2 Å². The van der Waals surface area contributed by atoms with Gasteiger partial charge < -0.3 is 5.32 Å². The van der Waals surface area contributed by atoms with Crippen LogP contribution in [-0.2, 0) is 16.6 Å². The molecular formula is C13H18N4O2S. The van der Waals surface area contributed by atoms with E-state index < -0.39 is 10.0 Å². The van der Waals surface area contributed by atoms with E-state index in [1.54, 1.807) is 50.5 Å². The minimum Gasteiger partial charge on any atom is -0.380 e. The number of H-pyrrole nitrogens is 1. The summed E-state index contributed by atoms with van der Waals surface area (Å²) < 4.78 is 27.1. The Labute approximate surface area is 118 Å². The molecule has 6 nitrogen and oxygen atoms in total. The molecule has 7 heteroatoms. The van der Waals surface area contributed by atoms with Crippen LogP contribution in [-0.4, -0.2) is 24.7 Å². The van der Waals surface area contributed by atoms with E-state index >= 15 is 0 Å².